The van der Waals surface area contributed by atoms with E-state index in [0.717, 1.165) is 0 Å². The van der Waals surface area contributed by atoms with E-state index in [-0.39, 0.29) is 13.0 Å². The molecule has 0 aromatic heterocycles. The lowest BCUT2D eigenvalue weighted by Gasteiger charge is -2.29. The van der Waals surface area contributed by atoms with Gasteiger partial charge in [0.25, 0.3) is 0 Å². The van der Waals surface area contributed by atoms with E-state index in [4.69, 9.17) is 8.85 Å². The van der Waals surface area contributed by atoms with Gasteiger partial charge in [-0.1, -0.05) is 0 Å². The van der Waals surface area contributed by atoms with Crippen molar-refractivity contribution in [2.24, 2.45) is 0 Å². The smallest absolute Gasteiger partial charge is 0.458 e. The molecule has 0 aromatic carbocycles. The Bertz CT molecular complexity index is 422. The van der Waals surface area contributed by atoms with Crippen molar-refractivity contribution in [2.75, 3.05) is 26.4 Å². The van der Waals surface area contributed by atoms with Crippen molar-refractivity contribution in [3.63, 3.8) is 0 Å². The second kappa shape index (κ2) is 9.85. The van der Waals surface area contributed by atoms with Crippen LogP contribution < -0.4 is 0 Å². The van der Waals surface area contributed by atoms with E-state index in [1.165, 1.54) is 0 Å². The van der Waals surface area contributed by atoms with E-state index >= 15 is 0 Å². The van der Waals surface area contributed by atoms with Crippen LogP contribution in [0.1, 0.15) is 20.3 Å². The van der Waals surface area contributed by atoms with Gasteiger partial charge in [-0.05, 0) is 32.9 Å². The first-order valence-corrected chi connectivity index (χ1v) is 10.1. The van der Waals surface area contributed by atoms with Gasteiger partial charge in [-0.2, -0.15) is 30.7 Å². The maximum absolute atomic E-state index is 13.2. The van der Waals surface area contributed by atoms with Crippen LogP contribution >= 0.6 is 0 Å². The molecule has 0 saturated carbocycles. The Kier molecular flexibility index (Phi) is 9.50. The molecule has 26 heavy (non-hydrogen) atoms. The third-order valence-electron chi connectivity index (χ3n) is 3.06. The number of esters is 1. The average molecular weight is 418 g/mol. The summed E-state index contributed by atoms with van der Waals surface area (Å²) in [5.41, 5.74) is 0. The number of hydrogen-bond donors (Lipinski definition) is 0. The third kappa shape index (κ3) is 7.37. The lowest BCUT2D eigenvalue weighted by molar-refractivity contribution is -0.428. The van der Waals surface area contributed by atoms with E-state index in [0.29, 0.717) is 19.3 Å². The molecule has 0 fully saturated rings. The normalized spacial score (nSPS) is 13.8. The number of carbonyl (C=O) groups is 1. The van der Waals surface area contributed by atoms with Crippen molar-refractivity contribution in [3.8, 4) is 0 Å². The second-order valence-corrected chi connectivity index (χ2v) is 8.55. The van der Waals surface area contributed by atoms with Crippen LogP contribution in [0.3, 0.4) is 0 Å². The molecule has 0 N–H and O–H groups in total. The summed E-state index contributed by atoms with van der Waals surface area (Å²) in [7, 11) is -2.50. The Hall–Kier alpha value is -0.923. The highest BCUT2D eigenvalue weighted by molar-refractivity contribution is 6.66. The van der Waals surface area contributed by atoms with Gasteiger partial charge in [0.05, 0.1) is 6.61 Å². The van der Waals surface area contributed by atoms with Gasteiger partial charge in [-0.15, -0.1) is 0 Å². The molecule has 0 saturated heterocycles. The molecule has 0 rings (SSSR count). The summed E-state index contributed by atoms with van der Waals surface area (Å²) >= 11 is 0. The first-order valence-electron chi connectivity index (χ1n) is 7.62. The SMILES string of the molecule is CCO[Si](C)(CCCOC(=O)COC(F)(C(F)(F)F)C(F)(F)F)OCC. The van der Waals surface area contributed by atoms with E-state index in [1.54, 1.807) is 20.4 Å². The molecule has 0 atom stereocenters. The summed E-state index contributed by atoms with van der Waals surface area (Å²) in [5.74, 6) is -7.51. The zero-order chi connectivity index (χ0) is 20.6. The minimum Gasteiger partial charge on any atom is -0.464 e. The Balaban J connectivity index is 4.47. The maximum atomic E-state index is 13.2. The quantitative estimate of drug-likeness (QED) is 0.221. The second-order valence-electron chi connectivity index (χ2n) is 5.20. The van der Waals surface area contributed by atoms with Crippen LogP contribution in [0.15, 0.2) is 0 Å². The van der Waals surface area contributed by atoms with Crippen molar-refractivity contribution in [1.29, 1.82) is 0 Å². The Morgan fingerprint density at radius 1 is 0.923 bits per heavy atom. The molecule has 0 radical (unpaired) electrons. The van der Waals surface area contributed by atoms with Crippen LogP contribution in [0.25, 0.3) is 0 Å². The third-order valence-corrected chi connectivity index (χ3v) is 6.12. The average Bonchev–Trinajstić information content (AvgIpc) is 2.47. The van der Waals surface area contributed by atoms with Gasteiger partial charge in [0, 0.05) is 13.2 Å². The number of hydrogen-bond acceptors (Lipinski definition) is 5. The Morgan fingerprint density at radius 2 is 1.38 bits per heavy atom. The summed E-state index contributed by atoms with van der Waals surface area (Å²) in [6.45, 7) is 3.89. The predicted octanol–water partition coefficient (Wildman–Crippen LogP) is 3.87. The van der Waals surface area contributed by atoms with Crippen molar-refractivity contribution in [2.45, 2.75) is 51.1 Å². The molecule has 0 bridgehead atoms. The standard InChI is InChI=1S/C13H21F7O5Si/c1-4-24-26(3,25-5-2)8-6-7-22-10(21)9-23-11(14,12(15,16)17)13(18,19)20/h4-9H2,1-3H3. The van der Waals surface area contributed by atoms with Crippen LogP contribution in [0.4, 0.5) is 30.7 Å². The molecule has 0 aliphatic heterocycles. The Labute approximate surface area is 147 Å². The van der Waals surface area contributed by atoms with Crippen LogP contribution in [-0.2, 0) is 23.1 Å². The minimum absolute atomic E-state index is 0.202. The highest BCUT2D eigenvalue weighted by atomic mass is 28.4. The molecule has 0 aromatic rings. The summed E-state index contributed by atoms with van der Waals surface area (Å²) in [6, 6.07) is 0.376. The minimum atomic E-state index is -6.39. The van der Waals surface area contributed by atoms with Gasteiger partial charge in [0.1, 0.15) is 6.61 Å². The zero-order valence-corrected chi connectivity index (χ0v) is 15.4. The topological polar surface area (TPSA) is 54.0 Å². The molecule has 0 heterocycles. The summed E-state index contributed by atoms with van der Waals surface area (Å²) in [5, 5.41) is 0. The molecule has 0 spiro atoms. The van der Waals surface area contributed by atoms with Gasteiger partial charge in [0.2, 0.25) is 0 Å². The number of ether oxygens (including phenoxy) is 2. The van der Waals surface area contributed by atoms with Crippen molar-refractivity contribution in [1.82, 2.24) is 0 Å². The summed E-state index contributed by atoms with van der Waals surface area (Å²) < 4.78 is 105. The molecule has 0 amide bonds. The molecule has 13 heteroatoms. The van der Waals surface area contributed by atoms with Gasteiger partial charge >= 0.3 is 32.7 Å². The molecule has 5 nitrogen and oxygen atoms in total. The fourth-order valence-corrected chi connectivity index (χ4v) is 4.28. The van der Waals surface area contributed by atoms with E-state index < -0.39 is 39.3 Å². The van der Waals surface area contributed by atoms with E-state index in [9.17, 15) is 35.5 Å². The van der Waals surface area contributed by atoms with Crippen LogP contribution in [-0.4, -0.2) is 59.2 Å². The molecule has 0 unspecified atom stereocenters. The predicted molar refractivity (Wildman–Crippen MR) is 77.2 cm³/mol. The largest absolute Gasteiger partial charge is 0.464 e. The molecule has 156 valence electrons. The molecular formula is C13H21F7O5Si. The maximum Gasteiger partial charge on any atom is 0.458 e. The molecule has 0 aliphatic rings. The highest BCUT2D eigenvalue weighted by Crippen LogP contribution is 2.46. The first-order chi connectivity index (χ1) is 11.7. The summed E-state index contributed by atoms with van der Waals surface area (Å²) in [6.07, 6.45) is -12.6. The van der Waals surface area contributed by atoms with Crippen LogP contribution in [0.5, 0.6) is 0 Å². The van der Waals surface area contributed by atoms with Gasteiger partial charge < -0.3 is 18.3 Å². The fraction of sp³-hybridized carbons (Fsp3) is 0.923. The van der Waals surface area contributed by atoms with Crippen molar-refractivity contribution in [3.05, 3.63) is 0 Å². The highest BCUT2D eigenvalue weighted by Gasteiger charge is 2.74. The van der Waals surface area contributed by atoms with E-state index in [1.807, 2.05) is 0 Å². The van der Waals surface area contributed by atoms with Gasteiger partial charge in [-0.25, -0.2) is 4.79 Å². The van der Waals surface area contributed by atoms with Crippen molar-refractivity contribution >= 4 is 14.5 Å². The fourth-order valence-electron chi connectivity index (χ4n) is 1.90. The number of halogens is 7. The lowest BCUT2D eigenvalue weighted by atomic mass is 10.3. The number of alkyl halides is 7. The van der Waals surface area contributed by atoms with Crippen LogP contribution in [0, 0.1) is 0 Å². The molecular weight excluding hydrogens is 397 g/mol. The summed E-state index contributed by atoms with van der Waals surface area (Å²) in [4.78, 5) is 11.2. The van der Waals surface area contributed by atoms with Crippen LogP contribution in [0.2, 0.25) is 12.6 Å². The molecule has 0 aliphatic carbocycles. The zero-order valence-electron chi connectivity index (χ0n) is 14.4. The van der Waals surface area contributed by atoms with E-state index in [2.05, 4.69) is 9.47 Å². The number of rotatable bonds is 11. The monoisotopic (exact) mass is 418 g/mol. The van der Waals surface area contributed by atoms with Gasteiger partial charge in [0.15, 0.2) is 0 Å². The Morgan fingerprint density at radius 3 is 1.77 bits per heavy atom. The van der Waals surface area contributed by atoms with Gasteiger partial charge in [-0.3, -0.25) is 0 Å². The lowest BCUT2D eigenvalue weighted by Crippen LogP contribution is -2.55. The number of carbonyl (C=O) groups excluding carboxylic acids is 1. The van der Waals surface area contributed by atoms with Crippen molar-refractivity contribution < 1.29 is 53.9 Å². The first kappa shape index (κ1) is 25.1.